The van der Waals surface area contributed by atoms with Gasteiger partial charge in [0.25, 0.3) is 0 Å². The summed E-state index contributed by atoms with van der Waals surface area (Å²) in [7, 11) is -2.79. The lowest BCUT2D eigenvalue weighted by molar-refractivity contribution is 0.0220. The van der Waals surface area contributed by atoms with Crippen LogP contribution >= 0.6 is 0 Å². The summed E-state index contributed by atoms with van der Waals surface area (Å²) in [6, 6.07) is 7.25. The predicted molar refractivity (Wildman–Crippen MR) is 141 cm³/mol. The molecule has 198 valence electrons. The molecule has 0 saturated carbocycles. The summed E-state index contributed by atoms with van der Waals surface area (Å²) in [6.45, 7) is 12.2. The zero-order valence-corrected chi connectivity index (χ0v) is 23.0. The molecule has 0 spiro atoms. The number of amides is 2. The topological polar surface area (TPSA) is 123 Å². The number of carbonyl (C=O) groups is 2. The first-order valence-electron chi connectivity index (χ1n) is 12.0. The van der Waals surface area contributed by atoms with E-state index in [1.165, 1.54) is 6.26 Å². The molecule has 0 radical (unpaired) electrons. The molecule has 3 rings (SSSR count). The SMILES string of the molecule is CC.CCOC(=O)N=S(C)(=O)Cc1cccc(Nc2ncc3c(n2)CN(C(=O)OC(C)(C)C)CC3)c1. The van der Waals surface area contributed by atoms with Gasteiger partial charge in [-0.2, -0.15) is 0 Å². The standard InChI is InChI=1S/C23H31N5O5S.C2H6/c1-6-32-21(29)27-34(5,31)15-16-8-7-9-18(12-16)25-20-24-13-17-10-11-28(14-19(17)26-20)22(30)33-23(2,3)4;1-2/h7-9,12-13H,6,10-11,14-15H2,1-5H3,(H,24,25,26);1-2H3. The smallest absolute Gasteiger partial charge is 0.441 e. The van der Waals surface area contributed by atoms with Gasteiger partial charge in [-0.1, -0.05) is 26.0 Å². The zero-order valence-electron chi connectivity index (χ0n) is 22.2. The third kappa shape index (κ3) is 9.10. The van der Waals surface area contributed by atoms with Crippen molar-refractivity contribution in [1.29, 1.82) is 0 Å². The Labute approximate surface area is 214 Å². The van der Waals surface area contributed by atoms with Crippen molar-refractivity contribution < 1.29 is 23.3 Å². The lowest BCUT2D eigenvalue weighted by Crippen LogP contribution is -2.40. The number of ether oxygens (including phenoxy) is 2. The highest BCUT2D eigenvalue weighted by Gasteiger charge is 2.26. The van der Waals surface area contributed by atoms with Crippen LogP contribution in [-0.2, 0) is 37.9 Å². The van der Waals surface area contributed by atoms with Crippen molar-refractivity contribution in [3.05, 3.63) is 47.3 Å². The monoisotopic (exact) mass is 519 g/mol. The second-order valence-electron chi connectivity index (χ2n) is 9.04. The normalized spacial score (nSPS) is 14.4. The molecule has 2 aromatic rings. The second-order valence-corrected chi connectivity index (χ2v) is 11.4. The van der Waals surface area contributed by atoms with Crippen molar-refractivity contribution in [1.82, 2.24) is 14.9 Å². The molecule has 0 bridgehead atoms. The van der Waals surface area contributed by atoms with Crippen LogP contribution in [0.15, 0.2) is 34.8 Å². The van der Waals surface area contributed by atoms with Crippen LogP contribution < -0.4 is 5.32 Å². The number of carbonyl (C=O) groups excluding carboxylic acids is 2. The molecule has 1 aliphatic heterocycles. The van der Waals surface area contributed by atoms with E-state index in [1.54, 1.807) is 36.2 Å². The average Bonchev–Trinajstić information content (AvgIpc) is 2.78. The first-order valence-corrected chi connectivity index (χ1v) is 14.1. The van der Waals surface area contributed by atoms with Crippen LogP contribution in [0.2, 0.25) is 0 Å². The van der Waals surface area contributed by atoms with E-state index in [4.69, 9.17) is 9.47 Å². The molecule has 1 unspecified atom stereocenters. The molecule has 1 N–H and O–H groups in total. The molecule has 1 atom stereocenters. The summed E-state index contributed by atoms with van der Waals surface area (Å²) in [6.07, 6.45) is 2.65. The van der Waals surface area contributed by atoms with Gasteiger partial charge >= 0.3 is 12.2 Å². The minimum absolute atomic E-state index is 0.0945. The van der Waals surface area contributed by atoms with Gasteiger partial charge in [0.15, 0.2) is 0 Å². The molecule has 1 aliphatic rings. The van der Waals surface area contributed by atoms with E-state index < -0.39 is 21.4 Å². The fraction of sp³-hybridized carbons (Fsp3) is 0.520. The number of hydrogen-bond acceptors (Lipinski definition) is 8. The minimum Gasteiger partial charge on any atom is -0.448 e. The van der Waals surface area contributed by atoms with E-state index in [9.17, 15) is 13.8 Å². The summed E-state index contributed by atoms with van der Waals surface area (Å²) in [5, 5.41) is 3.15. The highest BCUT2D eigenvalue weighted by molar-refractivity contribution is 7.92. The van der Waals surface area contributed by atoms with Crippen LogP contribution in [0, 0.1) is 0 Å². The first kappa shape index (κ1) is 29.0. The van der Waals surface area contributed by atoms with Gasteiger partial charge in [-0.15, -0.1) is 4.36 Å². The molecular weight excluding hydrogens is 482 g/mol. The molecule has 36 heavy (non-hydrogen) atoms. The number of rotatable bonds is 5. The van der Waals surface area contributed by atoms with E-state index in [1.807, 2.05) is 40.7 Å². The highest BCUT2D eigenvalue weighted by Crippen LogP contribution is 2.22. The molecule has 0 aliphatic carbocycles. The predicted octanol–water partition coefficient (Wildman–Crippen LogP) is 5.29. The number of aromatic nitrogens is 2. The number of nitrogens with one attached hydrogen (secondary N) is 1. The summed E-state index contributed by atoms with van der Waals surface area (Å²) in [4.78, 5) is 34.6. The van der Waals surface area contributed by atoms with Crippen LogP contribution in [0.4, 0.5) is 21.2 Å². The van der Waals surface area contributed by atoms with Gasteiger partial charge in [-0.05, 0) is 57.4 Å². The number of hydrogen-bond donors (Lipinski definition) is 1. The minimum atomic E-state index is -2.79. The first-order chi connectivity index (χ1) is 16.9. The summed E-state index contributed by atoms with van der Waals surface area (Å²) in [5.41, 5.74) is 2.62. The summed E-state index contributed by atoms with van der Waals surface area (Å²) < 4.78 is 26.6. The number of anilines is 2. The van der Waals surface area contributed by atoms with Crippen LogP contribution in [0.3, 0.4) is 0 Å². The second kappa shape index (κ2) is 12.7. The van der Waals surface area contributed by atoms with Crippen molar-refractivity contribution in [2.75, 3.05) is 24.7 Å². The third-order valence-electron chi connectivity index (χ3n) is 4.75. The molecular formula is C25H37N5O5S. The van der Waals surface area contributed by atoms with Crippen molar-refractivity contribution in [2.24, 2.45) is 4.36 Å². The maximum atomic E-state index is 12.7. The van der Waals surface area contributed by atoms with Gasteiger partial charge in [-0.25, -0.2) is 23.8 Å². The Kier molecular flexibility index (Phi) is 10.2. The molecule has 1 aromatic carbocycles. The quantitative estimate of drug-likeness (QED) is 0.565. The molecule has 0 saturated heterocycles. The molecule has 10 nitrogen and oxygen atoms in total. The van der Waals surface area contributed by atoms with Gasteiger partial charge in [-0.3, -0.25) is 0 Å². The Balaban J connectivity index is 0.00000222. The number of nitrogens with zero attached hydrogens (tertiary/aromatic N) is 4. The third-order valence-corrected chi connectivity index (χ3v) is 6.15. The largest absolute Gasteiger partial charge is 0.448 e. The van der Waals surface area contributed by atoms with Gasteiger partial charge < -0.3 is 19.7 Å². The van der Waals surface area contributed by atoms with E-state index in [0.29, 0.717) is 31.1 Å². The van der Waals surface area contributed by atoms with Crippen molar-refractivity contribution in [3.63, 3.8) is 0 Å². The Hall–Kier alpha value is -3.21. The molecule has 2 amide bonds. The Morgan fingerprint density at radius 2 is 1.97 bits per heavy atom. The van der Waals surface area contributed by atoms with Crippen LogP contribution in [-0.4, -0.2) is 56.3 Å². The molecule has 1 aromatic heterocycles. The van der Waals surface area contributed by atoms with Crippen molar-refractivity contribution in [3.8, 4) is 0 Å². The van der Waals surface area contributed by atoms with Gasteiger partial charge in [0, 0.05) is 24.7 Å². The Bertz CT molecular complexity index is 1190. The lowest BCUT2D eigenvalue weighted by atomic mass is 10.1. The van der Waals surface area contributed by atoms with Crippen LogP contribution in [0.1, 0.15) is 58.4 Å². The number of benzene rings is 1. The molecule has 2 heterocycles. The van der Waals surface area contributed by atoms with Crippen molar-refractivity contribution >= 4 is 33.6 Å². The van der Waals surface area contributed by atoms with Gasteiger partial charge in [0.05, 0.1) is 34.3 Å². The zero-order chi connectivity index (χ0) is 26.9. The van der Waals surface area contributed by atoms with E-state index >= 15 is 0 Å². The van der Waals surface area contributed by atoms with E-state index in [0.717, 1.165) is 16.8 Å². The summed E-state index contributed by atoms with van der Waals surface area (Å²) in [5.74, 6) is 0.479. The van der Waals surface area contributed by atoms with E-state index in [2.05, 4.69) is 19.6 Å². The van der Waals surface area contributed by atoms with Gasteiger partial charge in [0.1, 0.15) is 5.60 Å². The Morgan fingerprint density at radius 1 is 1.25 bits per heavy atom. The number of fused-ring (bicyclic) bond motifs is 1. The fourth-order valence-electron chi connectivity index (χ4n) is 3.36. The average molecular weight is 520 g/mol. The summed E-state index contributed by atoms with van der Waals surface area (Å²) >= 11 is 0. The Morgan fingerprint density at radius 3 is 2.64 bits per heavy atom. The molecule has 11 heteroatoms. The van der Waals surface area contributed by atoms with Crippen molar-refractivity contribution in [2.45, 2.75) is 65.9 Å². The van der Waals surface area contributed by atoms with E-state index in [-0.39, 0.29) is 18.5 Å². The van der Waals surface area contributed by atoms with Crippen LogP contribution in [0.25, 0.3) is 0 Å². The van der Waals surface area contributed by atoms with Crippen LogP contribution in [0.5, 0.6) is 0 Å². The molecule has 0 fully saturated rings. The lowest BCUT2D eigenvalue weighted by Gasteiger charge is -2.30. The fourth-order valence-corrected chi connectivity index (χ4v) is 4.59. The highest BCUT2D eigenvalue weighted by atomic mass is 32.2. The maximum absolute atomic E-state index is 12.7. The van der Waals surface area contributed by atoms with Gasteiger partial charge in [0.2, 0.25) is 5.95 Å². The maximum Gasteiger partial charge on any atom is 0.441 e.